The number of benzene rings is 2. The predicted molar refractivity (Wildman–Crippen MR) is 105 cm³/mol. The van der Waals surface area contributed by atoms with E-state index in [4.69, 9.17) is 16.3 Å². The highest BCUT2D eigenvalue weighted by Crippen LogP contribution is 2.55. The van der Waals surface area contributed by atoms with E-state index in [1.165, 1.54) is 24.8 Å². The number of halogens is 1. The van der Waals surface area contributed by atoms with E-state index in [9.17, 15) is 4.79 Å². The summed E-state index contributed by atoms with van der Waals surface area (Å²) in [5.41, 5.74) is 2.30. The third-order valence-corrected chi connectivity index (χ3v) is 6.40. The third kappa shape index (κ3) is 3.59. The number of hydrogen-bond donors (Lipinski definition) is 1. The van der Waals surface area contributed by atoms with Gasteiger partial charge in [-0.25, -0.2) is 4.79 Å². The number of rotatable bonds is 3. The molecule has 2 aromatic carbocycles. The van der Waals surface area contributed by atoms with Crippen LogP contribution in [0.1, 0.15) is 50.0 Å². The molecule has 0 aliphatic heterocycles. The van der Waals surface area contributed by atoms with E-state index in [0.29, 0.717) is 16.6 Å². The van der Waals surface area contributed by atoms with Crippen molar-refractivity contribution in [1.29, 1.82) is 0 Å². The van der Waals surface area contributed by atoms with Crippen molar-refractivity contribution in [2.24, 2.45) is 5.41 Å². The Bertz CT molecular complexity index is 769. The van der Waals surface area contributed by atoms with E-state index in [0.717, 1.165) is 19.3 Å². The summed E-state index contributed by atoms with van der Waals surface area (Å²) in [5.74, 6) is 0.642. The van der Waals surface area contributed by atoms with E-state index >= 15 is 0 Å². The van der Waals surface area contributed by atoms with Crippen LogP contribution in [-0.4, -0.2) is 12.2 Å². The van der Waals surface area contributed by atoms with Gasteiger partial charge in [0.1, 0.15) is 6.10 Å². The van der Waals surface area contributed by atoms with Crippen LogP contribution in [0.15, 0.2) is 54.6 Å². The minimum atomic E-state index is -0.374. The summed E-state index contributed by atoms with van der Waals surface area (Å²) < 4.78 is 5.77. The molecule has 1 amide bonds. The van der Waals surface area contributed by atoms with Crippen molar-refractivity contribution in [3.8, 4) is 0 Å². The van der Waals surface area contributed by atoms with Crippen molar-refractivity contribution < 1.29 is 9.53 Å². The molecule has 0 radical (unpaired) electrons. The average molecular weight is 370 g/mol. The summed E-state index contributed by atoms with van der Waals surface area (Å²) in [7, 11) is 0. The molecule has 0 bridgehead atoms. The summed E-state index contributed by atoms with van der Waals surface area (Å²) in [6.07, 6.45) is 6.45. The highest BCUT2D eigenvalue weighted by molar-refractivity contribution is 6.30. The lowest BCUT2D eigenvalue weighted by Crippen LogP contribution is -2.49. The van der Waals surface area contributed by atoms with Gasteiger partial charge in [0.15, 0.2) is 0 Å². The van der Waals surface area contributed by atoms with Crippen LogP contribution in [0.2, 0.25) is 5.02 Å². The highest BCUT2D eigenvalue weighted by atomic mass is 35.5. The number of carbonyl (C=O) groups is 1. The smallest absolute Gasteiger partial charge is 0.411 e. The Balaban J connectivity index is 1.33. The highest BCUT2D eigenvalue weighted by Gasteiger charge is 2.50. The van der Waals surface area contributed by atoms with E-state index < -0.39 is 0 Å². The fourth-order valence-electron chi connectivity index (χ4n) is 4.52. The SMILES string of the molecule is O=C(Nc1cccc(Cl)c1)O[C@H]1CCC12CCC(c1ccccc1)CC2. The van der Waals surface area contributed by atoms with Crippen LogP contribution in [0.5, 0.6) is 0 Å². The molecule has 4 heteroatoms. The van der Waals surface area contributed by atoms with Gasteiger partial charge in [-0.05, 0) is 68.2 Å². The van der Waals surface area contributed by atoms with Gasteiger partial charge in [-0.15, -0.1) is 0 Å². The zero-order valence-electron chi connectivity index (χ0n) is 14.8. The van der Waals surface area contributed by atoms with Crippen molar-refractivity contribution in [3.63, 3.8) is 0 Å². The molecule has 0 aromatic heterocycles. The largest absolute Gasteiger partial charge is 0.445 e. The predicted octanol–water partition coefficient (Wildman–Crippen LogP) is 6.40. The minimum Gasteiger partial charge on any atom is -0.445 e. The van der Waals surface area contributed by atoms with E-state index in [-0.39, 0.29) is 17.6 Å². The van der Waals surface area contributed by atoms with Crippen molar-refractivity contribution >= 4 is 23.4 Å². The Morgan fingerprint density at radius 3 is 2.38 bits per heavy atom. The fraction of sp³-hybridized carbons (Fsp3) is 0.409. The molecule has 1 atom stereocenters. The summed E-state index contributed by atoms with van der Waals surface area (Å²) in [5, 5.41) is 3.39. The number of amides is 1. The summed E-state index contributed by atoms with van der Waals surface area (Å²) in [6.45, 7) is 0. The first-order valence-electron chi connectivity index (χ1n) is 9.43. The normalized spacial score (nSPS) is 27.6. The molecule has 0 saturated heterocycles. The Kier molecular flexibility index (Phi) is 4.90. The number of nitrogens with one attached hydrogen (secondary N) is 1. The first kappa shape index (κ1) is 17.4. The lowest BCUT2D eigenvalue weighted by atomic mass is 9.56. The van der Waals surface area contributed by atoms with Crippen molar-refractivity contribution in [3.05, 3.63) is 65.2 Å². The van der Waals surface area contributed by atoms with Crippen LogP contribution < -0.4 is 5.32 Å². The number of hydrogen-bond acceptors (Lipinski definition) is 2. The van der Waals surface area contributed by atoms with Gasteiger partial charge in [0.25, 0.3) is 0 Å². The Morgan fingerprint density at radius 2 is 1.73 bits per heavy atom. The maximum Gasteiger partial charge on any atom is 0.411 e. The first-order valence-corrected chi connectivity index (χ1v) is 9.81. The number of ether oxygens (including phenoxy) is 1. The topological polar surface area (TPSA) is 38.3 Å². The molecule has 1 spiro atoms. The molecule has 136 valence electrons. The van der Waals surface area contributed by atoms with Gasteiger partial charge >= 0.3 is 6.09 Å². The molecule has 2 saturated carbocycles. The summed E-state index contributed by atoms with van der Waals surface area (Å²) >= 11 is 5.96. The van der Waals surface area contributed by atoms with Gasteiger partial charge in [-0.3, -0.25) is 5.32 Å². The molecule has 2 fully saturated rings. The van der Waals surface area contributed by atoms with Crippen LogP contribution >= 0.6 is 11.6 Å². The second-order valence-corrected chi connectivity index (χ2v) is 8.05. The fourth-order valence-corrected chi connectivity index (χ4v) is 4.71. The van der Waals surface area contributed by atoms with Gasteiger partial charge in [-0.2, -0.15) is 0 Å². The van der Waals surface area contributed by atoms with E-state index in [2.05, 4.69) is 35.6 Å². The maximum atomic E-state index is 12.3. The van der Waals surface area contributed by atoms with Gasteiger partial charge in [0.05, 0.1) is 0 Å². The maximum absolute atomic E-state index is 12.3. The van der Waals surface area contributed by atoms with Crippen molar-refractivity contribution in [2.45, 2.75) is 50.5 Å². The van der Waals surface area contributed by atoms with E-state index in [1.807, 2.05) is 12.1 Å². The number of carbonyl (C=O) groups excluding carboxylic acids is 1. The second kappa shape index (κ2) is 7.32. The Labute approximate surface area is 159 Å². The number of anilines is 1. The second-order valence-electron chi connectivity index (χ2n) is 7.62. The van der Waals surface area contributed by atoms with Crippen LogP contribution in [0.3, 0.4) is 0 Å². The van der Waals surface area contributed by atoms with Crippen molar-refractivity contribution in [2.75, 3.05) is 5.32 Å². The molecule has 0 heterocycles. The molecule has 3 nitrogen and oxygen atoms in total. The molecule has 26 heavy (non-hydrogen) atoms. The lowest BCUT2D eigenvalue weighted by Gasteiger charge is -2.52. The van der Waals surface area contributed by atoms with Gasteiger partial charge in [0.2, 0.25) is 0 Å². The minimum absolute atomic E-state index is 0.0402. The van der Waals surface area contributed by atoms with Gasteiger partial charge < -0.3 is 4.74 Å². The van der Waals surface area contributed by atoms with E-state index in [1.54, 1.807) is 12.1 Å². The Hall–Kier alpha value is -2.00. The molecule has 2 aliphatic carbocycles. The lowest BCUT2D eigenvalue weighted by molar-refractivity contribution is -0.0915. The standard InChI is InChI=1S/C22H24ClNO2/c23-18-7-4-8-19(15-18)24-21(25)26-20-11-14-22(20)12-9-17(10-13-22)16-5-2-1-3-6-16/h1-8,15,17,20H,9-14H2,(H,24,25)/t17?,20-,22?/m0/s1. The zero-order chi connectivity index (χ0) is 18.0. The average Bonchev–Trinajstić information content (AvgIpc) is 2.66. The zero-order valence-corrected chi connectivity index (χ0v) is 15.5. The molecular weight excluding hydrogens is 346 g/mol. The molecule has 1 N–H and O–H groups in total. The molecule has 4 rings (SSSR count). The molecule has 2 aliphatic rings. The summed E-state index contributed by atoms with van der Waals surface area (Å²) in [6, 6.07) is 17.9. The van der Waals surface area contributed by atoms with Crippen LogP contribution in [0.25, 0.3) is 0 Å². The quantitative estimate of drug-likeness (QED) is 0.680. The van der Waals surface area contributed by atoms with Gasteiger partial charge in [-0.1, -0.05) is 48.0 Å². The Morgan fingerprint density at radius 1 is 1.00 bits per heavy atom. The van der Waals surface area contributed by atoms with Crippen molar-refractivity contribution in [1.82, 2.24) is 0 Å². The van der Waals surface area contributed by atoms with Crippen LogP contribution in [-0.2, 0) is 4.74 Å². The third-order valence-electron chi connectivity index (χ3n) is 6.16. The molecule has 2 aromatic rings. The molecular formula is C22H24ClNO2. The molecule has 0 unspecified atom stereocenters. The van der Waals surface area contributed by atoms with Crippen LogP contribution in [0, 0.1) is 5.41 Å². The summed E-state index contributed by atoms with van der Waals surface area (Å²) in [4.78, 5) is 12.3. The first-order chi connectivity index (χ1) is 12.6. The van der Waals surface area contributed by atoms with Crippen LogP contribution in [0.4, 0.5) is 10.5 Å². The van der Waals surface area contributed by atoms with Gasteiger partial charge in [0, 0.05) is 16.1 Å². The monoisotopic (exact) mass is 369 g/mol.